The topological polar surface area (TPSA) is 99.1 Å². The van der Waals surface area contributed by atoms with Crippen molar-refractivity contribution in [3.63, 3.8) is 0 Å². The van der Waals surface area contributed by atoms with Crippen LogP contribution in [0.2, 0.25) is 0 Å². The first-order chi connectivity index (χ1) is 8.84. The lowest BCUT2D eigenvalue weighted by atomic mass is 10.2. The van der Waals surface area contributed by atoms with Crippen LogP contribution in [0.15, 0.2) is 21.6 Å². The molecule has 9 heteroatoms. The highest BCUT2D eigenvalue weighted by atomic mass is 32.2. The predicted molar refractivity (Wildman–Crippen MR) is 60.7 cm³/mol. The molecule has 0 aliphatic carbocycles. The molecule has 0 unspecified atom stereocenters. The van der Waals surface area contributed by atoms with Crippen molar-refractivity contribution >= 4 is 9.84 Å². The zero-order valence-corrected chi connectivity index (χ0v) is 10.5. The predicted octanol–water partition coefficient (Wildman–Crippen LogP) is 0.877. The summed E-state index contributed by atoms with van der Waals surface area (Å²) in [5.41, 5.74) is 4.98. The van der Waals surface area contributed by atoms with Crippen LogP contribution in [0.3, 0.4) is 0 Å². The van der Waals surface area contributed by atoms with Gasteiger partial charge in [-0.15, -0.1) is 0 Å². The Balaban J connectivity index is 2.67. The molecule has 0 saturated carbocycles. The van der Waals surface area contributed by atoms with Crippen LogP contribution in [-0.2, 0) is 16.4 Å². The zero-order valence-electron chi connectivity index (χ0n) is 9.72. The molecule has 0 atom stereocenters. The second-order valence-corrected chi connectivity index (χ2v) is 5.68. The molecular formula is C10H9F2N3O3S. The van der Waals surface area contributed by atoms with Gasteiger partial charge in [-0.05, 0) is 12.1 Å². The molecule has 2 rings (SSSR count). The first-order valence-electron chi connectivity index (χ1n) is 5.05. The van der Waals surface area contributed by atoms with Gasteiger partial charge in [-0.1, -0.05) is 5.16 Å². The Labute approximate surface area is 107 Å². The SMILES string of the molecule is CS(=O)(=O)c1c(F)ccc(-c2noc(CN)n2)c1F. The van der Waals surface area contributed by atoms with E-state index >= 15 is 0 Å². The molecular weight excluding hydrogens is 280 g/mol. The van der Waals surface area contributed by atoms with Crippen molar-refractivity contribution in [2.24, 2.45) is 5.73 Å². The Morgan fingerprint density at radius 3 is 2.58 bits per heavy atom. The van der Waals surface area contributed by atoms with Crippen molar-refractivity contribution in [2.75, 3.05) is 6.26 Å². The number of hydrogen-bond donors (Lipinski definition) is 1. The van der Waals surface area contributed by atoms with E-state index in [1.165, 1.54) is 0 Å². The molecule has 0 spiro atoms. The summed E-state index contributed by atoms with van der Waals surface area (Å²) in [6, 6.07) is 1.86. The Bertz CT molecular complexity index is 728. The highest BCUT2D eigenvalue weighted by Crippen LogP contribution is 2.27. The summed E-state index contributed by atoms with van der Waals surface area (Å²) >= 11 is 0. The molecule has 2 aromatic rings. The molecule has 6 nitrogen and oxygen atoms in total. The molecule has 1 aromatic heterocycles. The summed E-state index contributed by atoms with van der Waals surface area (Å²) in [6.07, 6.45) is 0.708. The van der Waals surface area contributed by atoms with E-state index in [0.717, 1.165) is 12.1 Å². The van der Waals surface area contributed by atoms with E-state index < -0.39 is 26.4 Å². The highest BCUT2D eigenvalue weighted by Gasteiger charge is 2.24. The van der Waals surface area contributed by atoms with Crippen LogP contribution in [-0.4, -0.2) is 24.8 Å². The molecule has 0 aliphatic heterocycles. The summed E-state index contributed by atoms with van der Waals surface area (Å²) in [6.45, 7) is -0.0469. The van der Waals surface area contributed by atoms with Crippen LogP contribution in [0.5, 0.6) is 0 Å². The number of halogens is 2. The van der Waals surface area contributed by atoms with E-state index in [2.05, 4.69) is 14.7 Å². The second-order valence-electron chi connectivity index (χ2n) is 3.73. The lowest BCUT2D eigenvalue weighted by molar-refractivity contribution is 0.380. The molecule has 19 heavy (non-hydrogen) atoms. The van der Waals surface area contributed by atoms with Crippen molar-refractivity contribution in [2.45, 2.75) is 11.4 Å². The number of nitrogens with zero attached hydrogens (tertiary/aromatic N) is 2. The van der Waals surface area contributed by atoms with Gasteiger partial charge >= 0.3 is 0 Å². The van der Waals surface area contributed by atoms with Gasteiger partial charge in [0.15, 0.2) is 15.7 Å². The highest BCUT2D eigenvalue weighted by molar-refractivity contribution is 7.90. The fraction of sp³-hybridized carbons (Fsp3) is 0.200. The fourth-order valence-corrected chi connectivity index (χ4v) is 2.35. The third-order valence-electron chi connectivity index (χ3n) is 2.30. The van der Waals surface area contributed by atoms with Crippen molar-refractivity contribution in [3.8, 4) is 11.4 Å². The molecule has 1 heterocycles. The van der Waals surface area contributed by atoms with Crippen LogP contribution < -0.4 is 5.73 Å². The largest absolute Gasteiger partial charge is 0.338 e. The van der Waals surface area contributed by atoms with Gasteiger partial charge in [-0.2, -0.15) is 4.98 Å². The van der Waals surface area contributed by atoms with Crippen molar-refractivity contribution < 1.29 is 21.7 Å². The van der Waals surface area contributed by atoms with Crippen LogP contribution in [0.4, 0.5) is 8.78 Å². The molecule has 2 N–H and O–H groups in total. The monoisotopic (exact) mass is 289 g/mol. The summed E-state index contributed by atoms with van der Waals surface area (Å²) in [4.78, 5) is 2.73. The van der Waals surface area contributed by atoms with E-state index in [9.17, 15) is 17.2 Å². The van der Waals surface area contributed by atoms with Crippen LogP contribution in [0.25, 0.3) is 11.4 Å². The Kier molecular flexibility index (Phi) is 3.33. The second kappa shape index (κ2) is 4.67. The molecule has 0 saturated heterocycles. The quantitative estimate of drug-likeness (QED) is 0.900. The fourth-order valence-electron chi connectivity index (χ4n) is 1.49. The average Bonchev–Trinajstić information content (AvgIpc) is 2.75. The number of nitrogens with two attached hydrogens (primary N) is 1. The van der Waals surface area contributed by atoms with Crippen molar-refractivity contribution in [3.05, 3.63) is 29.7 Å². The van der Waals surface area contributed by atoms with Crippen molar-refractivity contribution in [1.29, 1.82) is 0 Å². The third-order valence-corrected chi connectivity index (χ3v) is 3.42. The van der Waals surface area contributed by atoms with Gasteiger partial charge in [0.2, 0.25) is 11.7 Å². The van der Waals surface area contributed by atoms with E-state index in [-0.39, 0.29) is 23.8 Å². The summed E-state index contributed by atoms with van der Waals surface area (Å²) in [5, 5.41) is 3.45. The average molecular weight is 289 g/mol. The Hall–Kier alpha value is -1.87. The maximum Gasteiger partial charge on any atom is 0.240 e. The van der Waals surface area contributed by atoms with Crippen LogP contribution in [0.1, 0.15) is 5.89 Å². The molecule has 0 radical (unpaired) electrons. The van der Waals surface area contributed by atoms with E-state index in [1.807, 2.05) is 0 Å². The minimum atomic E-state index is -4.05. The summed E-state index contributed by atoms with van der Waals surface area (Å²) < 4.78 is 54.9. The molecule has 1 aromatic carbocycles. The summed E-state index contributed by atoms with van der Waals surface area (Å²) in [5.74, 6) is -2.57. The maximum atomic E-state index is 14.1. The number of aromatic nitrogens is 2. The summed E-state index contributed by atoms with van der Waals surface area (Å²) in [7, 11) is -4.05. The molecule has 0 fully saturated rings. The minimum Gasteiger partial charge on any atom is -0.338 e. The number of rotatable bonds is 3. The van der Waals surface area contributed by atoms with E-state index in [4.69, 9.17) is 5.73 Å². The van der Waals surface area contributed by atoms with Crippen LogP contribution >= 0.6 is 0 Å². The normalized spacial score (nSPS) is 11.8. The molecule has 0 amide bonds. The van der Waals surface area contributed by atoms with E-state index in [0.29, 0.717) is 6.26 Å². The standard InChI is InChI=1S/C10H9F2N3O3S/c1-19(16,17)9-6(11)3-2-5(8(9)12)10-14-7(4-13)18-15-10/h2-3H,4,13H2,1H3. The Morgan fingerprint density at radius 1 is 1.37 bits per heavy atom. The van der Waals surface area contributed by atoms with Gasteiger partial charge in [-0.3, -0.25) is 0 Å². The lowest BCUT2D eigenvalue weighted by Gasteiger charge is -2.05. The lowest BCUT2D eigenvalue weighted by Crippen LogP contribution is -2.06. The zero-order chi connectivity index (χ0) is 14.2. The maximum absolute atomic E-state index is 14.1. The first-order valence-corrected chi connectivity index (χ1v) is 6.95. The number of sulfone groups is 1. The number of hydrogen-bond acceptors (Lipinski definition) is 6. The third kappa shape index (κ3) is 2.47. The molecule has 102 valence electrons. The van der Waals surface area contributed by atoms with Gasteiger partial charge in [0.05, 0.1) is 12.1 Å². The Morgan fingerprint density at radius 2 is 2.05 bits per heavy atom. The van der Waals surface area contributed by atoms with Gasteiger partial charge in [0.25, 0.3) is 0 Å². The molecule has 0 aliphatic rings. The van der Waals surface area contributed by atoms with Crippen molar-refractivity contribution in [1.82, 2.24) is 10.1 Å². The number of benzene rings is 1. The molecule has 0 bridgehead atoms. The van der Waals surface area contributed by atoms with Crippen LogP contribution in [0, 0.1) is 11.6 Å². The van der Waals surface area contributed by atoms with Gasteiger partial charge in [-0.25, -0.2) is 17.2 Å². The van der Waals surface area contributed by atoms with Gasteiger partial charge in [0, 0.05) is 6.26 Å². The van der Waals surface area contributed by atoms with Gasteiger partial charge < -0.3 is 10.3 Å². The van der Waals surface area contributed by atoms with Gasteiger partial charge in [0.1, 0.15) is 10.7 Å². The smallest absolute Gasteiger partial charge is 0.240 e. The van der Waals surface area contributed by atoms with E-state index in [1.54, 1.807) is 0 Å². The minimum absolute atomic E-state index is 0.0469. The first kappa shape index (κ1) is 13.6.